The lowest BCUT2D eigenvalue weighted by Gasteiger charge is -2.02. The molecule has 10 heavy (non-hydrogen) atoms. The van der Waals surface area contributed by atoms with E-state index in [1.54, 1.807) is 0 Å². The van der Waals surface area contributed by atoms with Crippen LogP contribution in [0.1, 0.15) is 19.8 Å². The Morgan fingerprint density at radius 1 is 1.90 bits per heavy atom. The van der Waals surface area contributed by atoms with Crippen molar-refractivity contribution in [3.05, 3.63) is 24.3 Å². The van der Waals surface area contributed by atoms with Crippen LogP contribution in [0.5, 0.6) is 0 Å². The van der Waals surface area contributed by atoms with Crippen LogP contribution >= 0.6 is 0 Å². The first kappa shape index (κ1) is 7.26. The zero-order valence-corrected chi connectivity index (χ0v) is 6.26. The van der Waals surface area contributed by atoms with Gasteiger partial charge in [0.2, 0.25) is 0 Å². The van der Waals surface area contributed by atoms with E-state index in [4.69, 9.17) is 0 Å². The van der Waals surface area contributed by atoms with E-state index in [0.29, 0.717) is 5.78 Å². The van der Waals surface area contributed by atoms with Gasteiger partial charge in [0.05, 0.1) is 0 Å². The Hall–Kier alpha value is -0.850. The molecule has 1 unspecified atom stereocenters. The van der Waals surface area contributed by atoms with Crippen molar-refractivity contribution in [3.8, 4) is 0 Å². The van der Waals surface area contributed by atoms with Gasteiger partial charge in [-0.25, -0.2) is 0 Å². The molecule has 0 saturated heterocycles. The van der Waals surface area contributed by atoms with Crippen LogP contribution in [0.2, 0.25) is 0 Å². The zero-order valence-electron chi connectivity index (χ0n) is 6.26. The minimum Gasteiger partial charge on any atom is -0.294 e. The number of hydrogen-bond acceptors (Lipinski definition) is 1. The molecule has 0 radical (unpaired) electrons. The fraction of sp³-hybridized carbons (Fsp3) is 0.444. The van der Waals surface area contributed by atoms with E-state index in [1.807, 2.05) is 19.1 Å². The van der Waals surface area contributed by atoms with Crippen LogP contribution in [-0.2, 0) is 4.79 Å². The summed E-state index contributed by atoms with van der Waals surface area (Å²) in [4.78, 5) is 11.2. The molecule has 0 bridgehead atoms. The SMILES string of the molecule is C=CCC1CC=C(C)C1=O. The van der Waals surface area contributed by atoms with E-state index in [1.165, 1.54) is 0 Å². The topological polar surface area (TPSA) is 17.1 Å². The second-order valence-electron chi connectivity index (χ2n) is 2.71. The van der Waals surface area contributed by atoms with Gasteiger partial charge in [0.1, 0.15) is 0 Å². The maximum Gasteiger partial charge on any atom is 0.161 e. The minimum absolute atomic E-state index is 0.206. The summed E-state index contributed by atoms with van der Waals surface area (Å²) in [6, 6.07) is 0. The summed E-state index contributed by atoms with van der Waals surface area (Å²) < 4.78 is 0. The second kappa shape index (κ2) is 2.82. The molecular weight excluding hydrogens is 124 g/mol. The zero-order chi connectivity index (χ0) is 7.56. The van der Waals surface area contributed by atoms with Gasteiger partial charge in [-0.3, -0.25) is 4.79 Å². The number of rotatable bonds is 2. The third-order valence-electron chi connectivity index (χ3n) is 1.92. The maximum absolute atomic E-state index is 11.2. The number of carbonyl (C=O) groups is 1. The summed E-state index contributed by atoms with van der Waals surface area (Å²) in [5.74, 6) is 0.511. The molecule has 1 aliphatic carbocycles. The van der Waals surface area contributed by atoms with E-state index < -0.39 is 0 Å². The summed E-state index contributed by atoms with van der Waals surface area (Å²) in [7, 11) is 0. The Kier molecular flexibility index (Phi) is 2.05. The quantitative estimate of drug-likeness (QED) is 0.531. The Morgan fingerprint density at radius 2 is 2.60 bits per heavy atom. The molecule has 0 aromatic rings. The van der Waals surface area contributed by atoms with Gasteiger partial charge >= 0.3 is 0 Å². The van der Waals surface area contributed by atoms with Crippen LogP contribution in [0.4, 0.5) is 0 Å². The molecule has 1 heteroatoms. The number of hydrogen-bond donors (Lipinski definition) is 0. The fourth-order valence-corrected chi connectivity index (χ4v) is 1.25. The lowest BCUT2D eigenvalue weighted by Crippen LogP contribution is -2.07. The smallest absolute Gasteiger partial charge is 0.161 e. The molecule has 0 aromatic heterocycles. The van der Waals surface area contributed by atoms with Crippen molar-refractivity contribution in [1.82, 2.24) is 0 Å². The van der Waals surface area contributed by atoms with Crippen molar-refractivity contribution in [3.63, 3.8) is 0 Å². The summed E-state index contributed by atoms with van der Waals surface area (Å²) >= 11 is 0. The molecule has 1 aliphatic rings. The van der Waals surface area contributed by atoms with Crippen LogP contribution in [0, 0.1) is 5.92 Å². The van der Waals surface area contributed by atoms with Crippen LogP contribution in [0.15, 0.2) is 24.3 Å². The summed E-state index contributed by atoms with van der Waals surface area (Å²) in [6.45, 7) is 5.49. The monoisotopic (exact) mass is 136 g/mol. The van der Waals surface area contributed by atoms with Gasteiger partial charge in [-0.05, 0) is 25.3 Å². The number of allylic oxidation sites excluding steroid dienone is 3. The molecule has 0 heterocycles. The highest BCUT2D eigenvalue weighted by Crippen LogP contribution is 2.23. The Bertz CT molecular complexity index is 189. The van der Waals surface area contributed by atoms with Gasteiger partial charge in [0.25, 0.3) is 0 Å². The Morgan fingerprint density at radius 3 is 3.00 bits per heavy atom. The number of Topliss-reactive ketones (excluding diaryl/α,β-unsaturated/α-hetero) is 1. The van der Waals surface area contributed by atoms with E-state index >= 15 is 0 Å². The molecule has 0 N–H and O–H groups in total. The Balaban J connectivity index is 2.56. The Labute approximate surface area is 61.4 Å². The highest BCUT2D eigenvalue weighted by molar-refractivity contribution is 5.98. The molecule has 0 amide bonds. The van der Waals surface area contributed by atoms with Gasteiger partial charge in [0, 0.05) is 5.92 Å². The maximum atomic E-state index is 11.2. The predicted molar refractivity (Wildman–Crippen MR) is 41.7 cm³/mol. The molecule has 1 rings (SSSR count). The third-order valence-corrected chi connectivity index (χ3v) is 1.92. The molecule has 1 atom stereocenters. The van der Waals surface area contributed by atoms with Gasteiger partial charge in [-0.2, -0.15) is 0 Å². The van der Waals surface area contributed by atoms with Crippen molar-refractivity contribution in [1.29, 1.82) is 0 Å². The van der Waals surface area contributed by atoms with E-state index in [-0.39, 0.29) is 5.92 Å². The molecule has 0 aromatic carbocycles. The molecule has 1 nitrogen and oxygen atoms in total. The van der Waals surface area contributed by atoms with Crippen LogP contribution < -0.4 is 0 Å². The second-order valence-corrected chi connectivity index (χ2v) is 2.71. The lowest BCUT2D eigenvalue weighted by atomic mass is 10.0. The summed E-state index contributed by atoms with van der Waals surface area (Å²) in [5, 5.41) is 0. The molecule has 0 spiro atoms. The molecule has 0 saturated carbocycles. The summed E-state index contributed by atoms with van der Waals surface area (Å²) in [5.41, 5.74) is 0.923. The number of ketones is 1. The van der Waals surface area contributed by atoms with Crippen molar-refractivity contribution in [2.75, 3.05) is 0 Å². The van der Waals surface area contributed by atoms with E-state index in [0.717, 1.165) is 18.4 Å². The number of carbonyl (C=O) groups excluding carboxylic acids is 1. The first-order valence-corrected chi connectivity index (χ1v) is 3.57. The highest BCUT2D eigenvalue weighted by Gasteiger charge is 2.22. The first-order valence-electron chi connectivity index (χ1n) is 3.57. The average Bonchev–Trinajstić information content (AvgIpc) is 2.20. The molecule has 0 fully saturated rings. The highest BCUT2D eigenvalue weighted by atomic mass is 16.1. The normalized spacial score (nSPS) is 24.7. The van der Waals surface area contributed by atoms with Crippen LogP contribution in [-0.4, -0.2) is 5.78 Å². The van der Waals surface area contributed by atoms with Crippen molar-refractivity contribution < 1.29 is 4.79 Å². The minimum atomic E-state index is 0.206. The van der Waals surface area contributed by atoms with Gasteiger partial charge in [0.15, 0.2) is 5.78 Å². The van der Waals surface area contributed by atoms with Gasteiger partial charge < -0.3 is 0 Å². The van der Waals surface area contributed by atoms with Crippen molar-refractivity contribution in [2.24, 2.45) is 5.92 Å². The fourth-order valence-electron chi connectivity index (χ4n) is 1.25. The van der Waals surface area contributed by atoms with Gasteiger partial charge in [-0.15, -0.1) is 6.58 Å². The van der Waals surface area contributed by atoms with Gasteiger partial charge in [-0.1, -0.05) is 12.2 Å². The molecular formula is C9H12O. The molecule has 54 valence electrons. The standard InChI is InChI=1S/C9H12O/c1-3-4-8-6-5-7(2)9(8)10/h3,5,8H,1,4,6H2,2H3. The van der Waals surface area contributed by atoms with E-state index in [9.17, 15) is 4.79 Å². The van der Waals surface area contributed by atoms with Crippen molar-refractivity contribution >= 4 is 5.78 Å². The average molecular weight is 136 g/mol. The van der Waals surface area contributed by atoms with Crippen molar-refractivity contribution in [2.45, 2.75) is 19.8 Å². The third kappa shape index (κ3) is 1.18. The van der Waals surface area contributed by atoms with Crippen LogP contribution in [0.3, 0.4) is 0 Å². The van der Waals surface area contributed by atoms with Crippen LogP contribution in [0.25, 0.3) is 0 Å². The predicted octanol–water partition coefficient (Wildman–Crippen LogP) is 2.10. The lowest BCUT2D eigenvalue weighted by molar-refractivity contribution is -0.118. The van der Waals surface area contributed by atoms with E-state index in [2.05, 4.69) is 6.58 Å². The first-order chi connectivity index (χ1) is 4.75. The molecule has 0 aliphatic heterocycles. The largest absolute Gasteiger partial charge is 0.294 e. The summed E-state index contributed by atoms with van der Waals surface area (Å²) in [6.07, 6.45) is 5.56.